The van der Waals surface area contributed by atoms with E-state index in [-0.39, 0.29) is 5.91 Å². The van der Waals surface area contributed by atoms with Crippen molar-refractivity contribution >= 4 is 29.1 Å². The lowest BCUT2D eigenvalue weighted by Crippen LogP contribution is -2.21. The highest BCUT2D eigenvalue weighted by atomic mass is 32.1. The number of carbonyl (C=O) groups excluding carboxylic acids is 1. The number of carboxylic acid groups (broad SMARTS) is 1. The third-order valence-electron chi connectivity index (χ3n) is 3.82. The van der Waals surface area contributed by atoms with Crippen molar-refractivity contribution in [1.29, 1.82) is 0 Å². The van der Waals surface area contributed by atoms with Gasteiger partial charge in [-0.05, 0) is 49.6 Å². The lowest BCUT2D eigenvalue weighted by atomic mass is 10.2. The Hall–Kier alpha value is -3.41. The van der Waals surface area contributed by atoms with Crippen LogP contribution in [0.5, 0.6) is 5.88 Å². The van der Waals surface area contributed by atoms with E-state index in [1.54, 1.807) is 12.4 Å². The molecule has 3 aromatic rings. The SMILES string of the molecule is COc1cc(C(=O)Nc2ccc(-n3cnc(C)c3C)cc2)sn1.O=C(O)C(F)(F)F. The third-order valence-corrected chi connectivity index (χ3v) is 4.59. The van der Waals surface area contributed by atoms with Crippen molar-refractivity contribution in [3.8, 4) is 11.6 Å². The predicted molar refractivity (Wildman–Crippen MR) is 103 cm³/mol. The zero-order valence-corrected chi connectivity index (χ0v) is 16.8. The number of aliphatic carboxylic acids is 1. The van der Waals surface area contributed by atoms with Gasteiger partial charge in [0, 0.05) is 23.1 Å². The van der Waals surface area contributed by atoms with E-state index in [0.717, 1.165) is 34.3 Å². The number of ether oxygens (including phenoxy) is 1. The first-order valence-electron chi connectivity index (χ1n) is 8.26. The van der Waals surface area contributed by atoms with Crippen molar-refractivity contribution in [1.82, 2.24) is 13.9 Å². The molecule has 0 bridgehead atoms. The van der Waals surface area contributed by atoms with E-state index in [4.69, 9.17) is 14.6 Å². The second-order valence-electron chi connectivity index (χ2n) is 5.82. The van der Waals surface area contributed by atoms with Gasteiger partial charge in [0.1, 0.15) is 4.88 Å². The molecule has 1 amide bonds. The fourth-order valence-corrected chi connectivity index (χ4v) is 2.72. The summed E-state index contributed by atoms with van der Waals surface area (Å²) in [5, 5.41) is 9.97. The molecular formula is C18H17F3N4O4S. The Kier molecular flexibility index (Phi) is 7.16. The van der Waals surface area contributed by atoms with Crippen LogP contribution in [0.3, 0.4) is 0 Å². The lowest BCUT2D eigenvalue weighted by molar-refractivity contribution is -0.192. The molecule has 2 aromatic heterocycles. The monoisotopic (exact) mass is 442 g/mol. The van der Waals surface area contributed by atoms with E-state index in [1.807, 2.05) is 42.7 Å². The number of carboxylic acids is 1. The van der Waals surface area contributed by atoms with Gasteiger partial charge >= 0.3 is 12.1 Å². The van der Waals surface area contributed by atoms with Crippen molar-refractivity contribution in [2.45, 2.75) is 20.0 Å². The molecule has 0 saturated carbocycles. The molecule has 2 heterocycles. The zero-order valence-electron chi connectivity index (χ0n) is 16.0. The molecule has 0 aliphatic heterocycles. The number of hydrogen-bond acceptors (Lipinski definition) is 6. The molecule has 8 nitrogen and oxygen atoms in total. The summed E-state index contributed by atoms with van der Waals surface area (Å²) in [4.78, 5) is 25.8. The van der Waals surface area contributed by atoms with Crippen LogP contribution in [0, 0.1) is 13.8 Å². The van der Waals surface area contributed by atoms with Gasteiger partial charge in [0.2, 0.25) is 5.88 Å². The van der Waals surface area contributed by atoms with E-state index in [0.29, 0.717) is 10.8 Å². The second-order valence-corrected chi connectivity index (χ2v) is 6.63. The normalized spacial score (nSPS) is 10.7. The summed E-state index contributed by atoms with van der Waals surface area (Å²) in [5.74, 6) is -2.51. The average Bonchev–Trinajstić information content (AvgIpc) is 3.30. The summed E-state index contributed by atoms with van der Waals surface area (Å²) in [6, 6.07) is 9.22. The van der Waals surface area contributed by atoms with Crippen LogP contribution in [-0.4, -0.2) is 44.2 Å². The van der Waals surface area contributed by atoms with E-state index in [2.05, 4.69) is 14.7 Å². The molecule has 0 aliphatic rings. The van der Waals surface area contributed by atoms with Crippen molar-refractivity contribution in [3.63, 3.8) is 0 Å². The van der Waals surface area contributed by atoms with Crippen LogP contribution in [0.4, 0.5) is 18.9 Å². The number of amides is 1. The second kappa shape index (κ2) is 9.39. The van der Waals surface area contributed by atoms with Crippen molar-refractivity contribution in [2.24, 2.45) is 0 Å². The quantitative estimate of drug-likeness (QED) is 0.636. The van der Waals surface area contributed by atoms with Crippen molar-refractivity contribution in [2.75, 3.05) is 12.4 Å². The molecule has 0 saturated heterocycles. The van der Waals surface area contributed by atoms with Gasteiger partial charge in [-0.2, -0.15) is 17.5 Å². The minimum atomic E-state index is -5.08. The van der Waals surface area contributed by atoms with Crippen molar-refractivity contribution in [3.05, 3.63) is 52.9 Å². The lowest BCUT2D eigenvalue weighted by Gasteiger charge is -2.08. The molecule has 160 valence electrons. The van der Waals surface area contributed by atoms with Gasteiger partial charge in [0.25, 0.3) is 5.91 Å². The molecule has 0 spiro atoms. The molecule has 2 N–H and O–H groups in total. The molecule has 0 atom stereocenters. The predicted octanol–water partition coefficient (Wildman–Crippen LogP) is 3.84. The van der Waals surface area contributed by atoms with E-state index in [9.17, 15) is 18.0 Å². The summed E-state index contributed by atoms with van der Waals surface area (Å²) >= 11 is 1.11. The summed E-state index contributed by atoms with van der Waals surface area (Å²) in [6.45, 7) is 4.00. The first-order valence-corrected chi connectivity index (χ1v) is 9.03. The van der Waals surface area contributed by atoms with Gasteiger partial charge < -0.3 is 19.7 Å². The smallest absolute Gasteiger partial charge is 0.480 e. The van der Waals surface area contributed by atoms with Crippen molar-refractivity contribution < 1.29 is 32.6 Å². The first-order chi connectivity index (χ1) is 14.0. The fourth-order valence-electron chi connectivity index (χ4n) is 2.12. The Bertz CT molecular complexity index is 1030. The van der Waals surface area contributed by atoms with Crippen LogP contribution in [0.15, 0.2) is 36.7 Å². The number of methoxy groups -OCH3 is 1. The number of anilines is 1. The number of hydrogen-bond donors (Lipinski definition) is 2. The van der Waals surface area contributed by atoms with Crippen LogP contribution < -0.4 is 10.1 Å². The van der Waals surface area contributed by atoms with Crippen LogP contribution in [0.2, 0.25) is 0 Å². The highest BCUT2D eigenvalue weighted by Gasteiger charge is 2.38. The minimum Gasteiger partial charge on any atom is -0.480 e. The molecule has 0 radical (unpaired) electrons. The molecule has 1 aromatic carbocycles. The molecule has 12 heteroatoms. The molecule has 30 heavy (non-hydrogen) atoms. The third kappa shape index (κ3) is 5.80. The summed E-state index contributed by atoms with van der Waals surface area (Å²) < 4.78 is 42.7. The van der Waals surface area contributed by atoms with E-state index >= 15 is 0 Å². The number of benzene rings is 1. The van der Waals surface area contributed by atoms with Gasteiger partial charge in [-0.1, -0.05) is 0 Å². The standard InChI is InChI=1S/C16H16N4O2S.C2HF3O2/c1-10-11(2)20(9-17-10)13-6-4-12(5-7-13)18-16(21)14-8-15(22-3)19-23-14;3-2(4,5)1(6)7/h4-9H,1-3H3,(H,18,21);(H,6,7). The Morgan fingerprint density at radius 1 is 1.20 bits per heavy atom. The number of carbonyl (C=O) groups is 2. The number of nitrogens with one attached hydrogen (secondary N) is 1. The highest BCUT2D eigenvalue weighted by Crippen LogP contribution is 2.20. The van der Waals surface area contributed by atoms with E-state index < -0.39 is 12.1 Å². The number of rotatable bonds is 4. The maximum Gasteiger partial charge on any atom is 0.490 e. The number of aryl methyl sites for hydroxylation is 1. The average molecular weight is 442 g/mol. The Morgan fingerprint density at radius 2 is 1.80 bits per heavy atom. The number of alkyl halides is 3. The minimum absolute atomic E-state index is 0.201. The van der Waals surface area contributed by atoms with Gasteiger partial charge in [0.15, 0.2) is 0 Å². The summed E-state index contributed by atoms with van der Waals surface area (Å²) in [6.07, 6.45) is -3.29. The molecule has 0 aliphatic carbocycles. The van der Waals surface area contributed by atoms with Crippen LogP contribution in [0.1, 0.15) is 21.1 Å². The molecular weight excluding hydrogens is 425 g/mol. The first kappa shape index (κ1) is 22.9. The summed E-state index contributed by atoms with van der Waals surface area (Å²) in [5.41, 5.74) is 3.82. The van der Waals surface area contributed by atoms with Gasteiger partial charge in [-0.3, -0.25) is 4.79 Å². The Labute approximate surface area is 173 Å². The van der Waals surface area contributed by atoms with Gasteiger partial charge in [0.05, 0.1) is 19.1 Å². The molecule has 3 rings (SSSR count). The largest absolute Gasteiger partial charge is 0.490 e. The summed E-state index contributed by atoms with van der Waals surface area (Å²) in [7, 11) is 1.52. The molecule has 0 fully saturated rings. The van der Waals surface area contributed by atoms with Crippen LogP contribution in [0.25, 0.3) is 5.69 Å². The fraction of sp³-hybridized carbons (Fsp3) is 0.222. The topological polar surface area (TPSA) is 106 Å². The van der Waals surface area contributed by atoms with Gasteiger partial charge in [-0.15, -0.1) is 0 Å². The number of halogens is 3. The Balaban J connectivity index is 0.000000396. The number of aromatic nitrogens is 3. The number of nitrogens with zero attached hydrogens (tertiary/aromatic N) is 3. The zero-order chi connectivity index (χ0) is 22.5. The maximum absolute atomic E-state index is 12.1. The number of imidazole rings is 1. The highest BCUT2D eigenvalue weighted by molar-refractivity contribution is 7.08. The van der Waals surface area contributed by atoms with E-state index in [1.165, 1.54) is 7.11 Å². The van der Waals surface area contributed by atoms with Crippen LogP contribution in [-0.2, 0) is 4.79 Å². The Morgan fingerprint density at radius 3 is 2.23 bits per heavy atom. The molecule has 0 unspecified atom stereocenters. The van der Waals surface area contributed by atoms with Crippen LogP contribution >= 0.6 is 11.5 Å². The van der Waals surface area contributed by atoms with Gasteiger partial charge in [-0.25, -0.2) is 9.78 Å². The maximum atomic E-state index is 12.1.